The van der Waals surface area contributed by atoms with E-state index in [9.17, 15) is 13.2 Å². The van der Waals surface area contributed by atoms with Gasteiger partial charge in [0.15, 0.2) is 0 Å². The average Bonchev–Trinajstić information content (AvgIpc) is 2.42. The van der Waals surface area contributed by atoms with E-state index in [1.165, 1.54) is 10.5 Å². The maximum absolute atomic E-state index is 12.3. The number of benzene rings is 1. The molecule has 1 aliphatic heterocycles. The van der Waals surface area contributed by atoms with Crippen molar-refractivity contribution in [3.8, 4) is 0 Å². The number of rotatable bonds is 5. The van der Waals surface area contributed by atoms with Gasteiger partial charge in [-0.25, -0.2) is 0 Å². The van der Waals surface area contributed by atoms with Crippen LogP contribution in [-0.2, 0) is 6.42 Å². The molecule has 2 nitrogen and oxygen atoms in total. The van der Waals surface area contributed by atoms with Crippen LogP contribution in [0.1, 0.15) is 31.7 Å². The van der Waals surface area contributed by atoms with Crippen LogP contribution >= 0.6 is 0 Å². The molecule has 5 heteroatoms. The van der Waals surface area contributed by atoms with E-state index in [0.717, 1.165) is 31.4 Å². The zero-order valence-electron chi connectivity index (χ0n) is 12.4. The molecule has 1 aromatic rings. The lowest BCUT2D eigenvalue weighted by Crippen LogP contribution is -2.43. The van der Waals surface area contributed by atoms with E-state index in [2.05, 4.69) is 36.5 Å². The van der Waals surface area contributed by atoms with Crippen molar-refractivity contribution in [2.24, 2.45) is 0 Å². The molecule has 0 saturated carbocycles. The minimum absolute atomic E-state index is 0.270. The molecule has 0 bridgehead atoms. The lowest BCUT2D eigenvalue weighted by Gasteiger charge is -2.33. The van der Waals surface area contributed by atoms with Crippen LogP contribution in [-0.4, -0.2) is 36.8 Å². The topological polar surface area (TPSA) is 15.3 Å². The van der Waals surface area contributed by atoms with Gasteiger partial charge in [-0.3, -0.25) is 4.90 Å². The van der Waals surface area contributed by atoms with Gasteiger partial charge in [0.25, 0.3) is 0 Å². The van der Waals surface area contributed by atoms with E-state index in [-0.39, 0.29) is 6.04 Å². The normalized spacial score (nSPS) is 17.9. The third-order valence-electron chi connectivity index (χ3n) is 3.85. The molecule has 1 heterocycles. The number of nitrogens with one attached hydrogen (secondary N) is 1. The SMILES string of the molecule is CCCc1ccc(NC2CCN(CC(F)(F)F)CC2)cc1. The third-order valence-corrected chi connectivity index (χ3v) is 3.85. The minimum atomic E-state index is -4.09. The Kier molecular flexibility index (Phi) is 5.51. The van der Waals surface area contributed by atoms with Crippen molar-refractivity contribution in [3.63, 3.8) is 0 Å². The van der Waals surface area contributed by atoms with Gasteiger partial charge in [-0.15, -0.1) is 0 Å². The minimum Gasteiger partial charge on any atom is -0.382 e. The molecule has 1 N–H and O–H groups in total. The predicted molar refractivity (Wildman–Crippen MR) is 79.6 cm³/mol. The smallest absolute Gasteiger partial charge is 0.382 e. The number of halogens is 3. The molecule has 0 aliphatic carbocycles. The standard InChI is InChI=1S/C16H23F3N2/c1-2-3-13-4-6-14(7-5-13)20-15-8-10-21(11-9-15)12-16(17,18)19/h4-7,15,20H,2-3,8-12H2,1H3. The second-order valence-electron chi connectivity index (χ2n) is 5.76. The van der Waals surface area contributed by atoms with Crippen LogP contribution in [0.4, 0.5) is 18.9 Å². The molecule has 2 rings (SSSR count). The first-order valence-electron chi connectivity index (χ1n) is 7.61. The fraction of sp³-hybridized carbons (Fsp3) is 0.625. The summed E-state index contributed by atoms with van der Waals surface area (Å²) >= 11 is 0. The molecule has 1 aliphatic rings. The first-order chi connectivity index (χ1) is 9.96. The summed E-state index contributed by atoms with van der Waals surface area (Å²) in [5.74, 6) is 0. The second kappa shape index (κ2) is 7.16. The van der Waals surface area contributed by atoms with Gasteiger partial charge in [0.1, 0.15) is 0 Å². The number of nitrogens with zero attached hydrogens (tertiary/aromatic N) is 1. The summed E-state index contributed by atoms with van der Waals surface area (Å²) in [7, 11) is 0. The van der Waals surface area contributed by atoms with Crippen molar-refractivity contribution in [1.29, 1.82) is 0 Å². The number of piperidine rings is 1. The van der Waals surface area contributed by atoms with Crippen molar-refractivity contribution in [1.82, 2.24) is 4.90 Å². The van der Waals surface area contributed by atoms with Gasteiger partial charge < -0.3 is 5.32 Å². The molecular formula is C16H23F3N2. The van der Waals surface area contributed by atoms with Crippen molar-refractivity contribution >= 4 is 5.69 Å². The Bertz CT molecular complexity index is 420. The first-order valence-corrected chi connectivity index (χ1v) is 7.61. The second-order valence-corrected chi connectivity index (χ2v) is 5.76. The zero-order valence-corrected chi connectivity index (χ0v) is 12.4. The number of alkyl halides is 3. The van der Waals surface area contributed by atoms with E-state index < -0.39 is 12.7 Å². The lowest BCUT2D eigenvalue weighted by atomic mass is 10.0. The van der Waals surface area contributed by atoms with Gasteiger partial charge in [-0.05, 0) is 37.0 Å². The van der Waals surface area contributed by atoms with Gasteiger partial charge in [-0.2, -0.15) is 13.2 Å². The first kappa shape index (κ1) is 16.1. The predicted octanol–water partition coefficient (Wildman–Crippen LogP) is 4.08. The maximum atomic E-state index is 12.3. The Morgan fingerprint density at radius 2 is 1.76 bits per heavy atom. The van der Waals surface area contributed by atoms with Crippen LogP contribution in [0, 0.1) is 0 Å². The lowest BCUT2D eigenvalue weighted by molar-refractivity contribution is -0.147. The van der Waals surface area contributed by atoms with Gasteiger partial charge in [-0.1, -0.05) is 25.5 Å². The molecule has 0 amide bonds. The molecule has 0 aromatic heterocycles. The summed E-state index contributed by atoms with van der Waals surface area (Å²) in [5.41, 5.74) is 2.38. The summed E-state index contributed by atoms with van der Waals surface area (Å²) in [6.45, 7) is 2.38. The van der Waals surface area contributed by atoms with Gasteiger partial charge in [0.05, 0.1) is 6.54 Å². The molecular weight excluding hydrogens is 277 g/mol. The molecule has 1 fully saturated rings. The maximum Gasteiger partial charge on any atom is 0.401 e. The highest BCUT2D eigenvalue weighted by molar-refractivity contribution is 5.45. The van der Waals surface area contributed by atoms with Crippen molar-refractivity contribution < 1.29 is 13.2 Å². The Balaban J connectivity index is 1.78. The van der Waals surface area contributed by atoms with Gasteiger partial charge in [0.2, 0.25) is 0 Å². The summed E-state index contributed by atoms with van der Waals surface area (Å²) in [6, 6.07) is 8.63. The highest BCUT2D eigenvalue weighted by Gasteiger charge is 2.32. The highest BCUT2D eigenvalue weighted by atomic mass is 19.4. The number of aryl methyl sites for hydroxylation is 1. The number of hydrogen-bond donors (Lipinski definition) is 1. The number of hydrogen-bond acceptors (Lipinski definition) is 2. The van der Waals surface area contributed by atoms with E-state index in [4.69, 9.17) is 0 Å². The Labute approximate surface area is 124 Å². The zero-order chi connectivity index (χ0) is 15.3. The molecule has 0 radical (unpaired) electrons. The van der Waals surface area contributed by atoms with Crippen molar-refractivity contribution in [2.45, 2.75) is 44.8 Å². The van der Waals surface area contributed by atoms with E-state index in [0.29, 0.717) is 13.1 Å². The van der Waals surface area contributed by atoms with E-state index >= 15 is 0 Å². The van der Waals surface area contributed by atoms with E-state index in [1.807, 2.05) is 0 Å². The Morgan fingerprint density at radius 3 is 2.29 bits per heavy atom. The summed E-state index contributed by atoms with van der Waals surface area (Å²) < 4.78 is 37.0. The molecule has 21 heavy (non-hydrogen) atoms. The fourth-order valence-electron chi connectivity index (χ4n) is 2.78. The van der Waals surface area contributed by atoms with Crippen LogP contribution < -0.4 is 5.32 Å². The Morgan fingerprint density at radius 1 is 1.14 bits per heavy atom. The molecule has 1 saturated heterocycles. The summed E-state index contributed by atoms with van der Waals surface area (Å²) in [4.78, 5) is 1.49. The van der Waals surface area contributed by atoms with Crippen LogP contribution in [0.25, 0.3) is 0 Å². The average molecular weight is 300 g/mol. The Hall–Kier alpha value is -1.23. The molecule has 1 aromatic carbocycles. The molecule has 118 valence electrons. The molecule has 0 atom stereocenters. The van der Waals surface area contributed by atoms with Crippen molar-refractivity contribution in [2.75, 3.05) is 25.0 Å². The quantitative estimate of drug-likeness (QED) is 0.881. The number of likely N-dealkylation sites (tertiary alicyclic amines) is 1. The van der Waals surface area contributed by atoms with Crippen LogP contribution in [0.2, 0.25) is 0 Å². The van der Waals surface area contributed by atoms with Crippen LogP contribution in [0.15, 0.2) is 24.3 Å². The summed E-state index contributed by atoms with van der Waals surface area (Å²) in [6.07, 6.45) is -0.366. The molecule has 0 spiro atoms. The monoisotopic (exact) mass is 300 g/mol. The third kappa shape index (κ3) is 5.58. The molecule has 0 unspecified atom stereocenters. The number of anilines is 1. The van der Waals surface area contributed by atoms with Gasteiger partial charge >= 0.3 is 6.18 Å². The van der Waals surface area contributed by atoms with Crippen LogP contribution in [0.3, 0.4) is 0 Å². The summed E-state index contributed by atoms with van der Waals surface area (Å²) in [5, 5.41) is 3.43. The van der Waals surface area contributed by atoms with E-state index in [1.54, 1.807) is 0 Å². The van der Waals surface area contributed by atoms with Crippen LogP contribution in [0.5, 0.6) is 0 Å². The fourth-order valence-corrected chi connectivity index (χ4v) is 2.78. The highest BCUT2D eigenvalue weighted by Crippen LogP contribution is 2.21. The largest absolute Gasteiger partial charge is 0.401 e. The van der Waals surface area contributed by atoms with Crippen molar-refractivity contribution in [3.05, 3.63) is 29.8 Å². The van der Waals surface area contributed by atoms with Gasteiger partial charge in [0, 0.05) is 24.8 Å².